The lowest BCUT2D eigenvalue weighted by molar-refractivity contribution is -0.116. The van der Waals surface area contributed by atoms with Crippen molar-refractivity contribution in [1.29, 1.82) is 0 Å². The largest absolute Gasteiger partial charge is 0.389 e. The maximum atomic E-state index is 12.2. The Morgan fingerprint density at radius 1 is 1.45 bits per heavy atom. The second kappa shape index (κ2) is 7.62. The summed E-state index contributed by atoms with van der Waals surface area (Å²) in [5.41, 5.74) is 2.36. The molecule has 1 N–H and O–H groups in total. The summed E-state index contributed by atoms with van der Waals surface area (Å²) in [7, 11) is 1.59. The van der Waals surface area contributed by atoms with Gasteiger partial charge in [0.15, 0.2) is 0 Å². The van der Waals surface area contributed by atoms with Crippen molar-refractivity contribution in [2.24, 2.45) is 0 Å². The molecule has 5 heteroatoms. The van der Waals surface area contributed by atoms with E-state index in [1.807, 2.05) is 32.0 Å². The molecule has 0 saturated carbocycles. The van der Waals surface area contributed by atoms with E-state index in [1.54, 1.807) is 18.9 Å². The van der Waals surface area contributed by atoms with Crippen LogP contribution in [0.5, 0.6) is 0 Å². The van der Waals surface area contributed by atoms with Gasteiger partial charge in [0.2, 0.25) is 5.91 Å². The zero-order valence-electron chi connectivity index (χ0n) is 12.4. The average Bonchev–Trinajstić information content (AvgIpc) is 2.40. The maximum absolute atomic E-state index is 12.2. The molecule has 0 bridgehead atoms. The Bertz CT molecular complexity index is 462. The first-order valence-electron chi connectivity index (χ1n) is 6.58. The number of anilines is 1. The van der Waals surface area contributed by atoms with Crippen molar-refractivity contribution in [3.63, 3.8) is 0 Å². The third-order valence-corrected chi connectivity index (χ3v) is 3.42. The summed E-state index contributed by atoms with van der Waals surface area (Å²) >= 11 is 5.73. The van der Waals surface area contributed by atoms with E-state index in [-0.39, 0.29) is 17.8 Å². The van der Waals surface area contributed by atoms with Crippen molar-refractivity contribution >= 4 is 23.2 Å². The van der Waals surface area contributed by atoms with Gasteiger partial charge < -0.3 is 14.7 Å². The van der Waals surface area contributed by atoms with Crippen LogP contribution >= 0.6 is 11.6 Å². The van der Waals surface area contributed by atoms with Gasteiger partial charge >= 0.3 is 0 Å². The van der Waals surface area contributed by atoms with E-state index in [0.717, 1.165) is 11.3 Å². The molecular weight excluding hydrogens is 278 g/mol. The lowest BCUT2D eigenvalue weighted by Crippen LogP contribution is -2.43. The first-order valence-corrected chi connectivity index (χ1v) is 7.12. The number of methoxy groups -OCH3 is 1. The van der Waals surface area contributed by atoms with Crippen LogP contribution in [0.4, 0.5) is 5.69 Å². The molecule has 0 heterocycles. The maximum Gasteiger partial charge on any atom is 0.242 e. The summed E-state index contributed by atoms with van der Waals surface area (Å²) in [4.78, 5) is 13.8. The molecule has 1 amide bonds. The van der Waals surface area contributed by atoms with E-state index in [9.17, 15) is 9.90 Å². The normalized spacial score (nSPS) is 13.9. The topological polar surface area (TPSA) is 49.8 Å². The number of carbonyl (C=O) groups excluding carboxylic acids is 1. The highest BCUT2D eigenvalue weighted by Crippen LogP contribution is 2.31. The molecule has 0 aromatic heterocycles. The number of amides is 1. The first kappa shape index (κ1) is 17.0. The number of aryl methyl sites for hydroxylation is 1. The van der Waals surface area contributed by atoms with Gasteiger partial charge in [-0.3, -0.25) is 4.79 Å². The minimum Gasteiger partial charge on any atom is -0.389 e. The smallest absolute Gasteiger partial charge is 0.242 e. The summed E-state index contributed by atoms with van der Waals surface area (Å²) in [6.45, 7) is 5.89. The highest BCUT2D eigenvalue weighted by molar-refractivity contribution is 6.29. The van der Waals surface area contributed by atoms with Crippen molar-refractivity contribution in [3.05, 3.63) is 29.3 Å². The van der Waals surface area contributed by atoms with Crippen LogP contribution in [0.3, 0.4) is 0 Å². The third kappa shape index (κ3) is 3.72. The van der Waals surface area contributed by atoms with Crippen LogP contribution in [-0.4, -0.2) is 36.7 Å². The Morgan fingerprint density at radius 3 is 2.60 bits per heavy atom. The summed E-state index contributed by atoms with van der Waals surface area (Å²) in [6, 6.07) is 5.44. The fraction of sp³-hybridized carbons (Fsp3) is 0.533. The molecule has 1 aromatic carbocycles. The lowest BCUT2D eigenvalue weighted by atomic mass is 10.0. The second-order valence-corrected chi connectivity index (χ2v) is 5.16. The molecule has 2 atom stereocenters. The third-order valence-electron chi connectivity index (χ3n) is 3.19. The Morgan fingerprint density at radius 2 is 2.10 bits per heavy atom. The Labute approximate surface area is 125 Å². The molecule has 0 fully saturated rings. The fourth-order valence-corrected chi connectivity index (χ4v) is 2.45. The predicted molar refractivity (Wildman–Crippen MR) is 81.4 cm³/mol. The minimum atomic E-state index is -0.662. The van der Waals surface area contributed by atoms with E-state index in [1.165, 1.54) is 0 Å². The number of ether oxygens (including phenoxy) is 1. The van der Waals surface area contributed by atoms with E-state index in [0.29, 0.717) is 12.2 Å². The van der Waals surface area contributed by atoms with E-state index in [2.05, 4.69) is 0 Å². The van der Waals surface area contributed by atoms with Gasteiger partial charge in [0.25, 0.3) is 0 Å². The first-order chi connectivity index (χ1) is 9.43. The van der Waals surface area contributed by atoms with Crippen molar-refractivity contribution in [2.75, 3.05) is 24.5 Å². The summed E-state index contributed by atoms with van der Waals surface area (Å²) in [6.07, 6.45) is -0.662. The molecule has 0 spiro atoms. The van der Waals surface area contributed by atoms with E-state index >= 15 is 0 Å². The van der Waals surface area contributed by atoms with E-state index in [4.69, 9.17) is 16.3 Å². The number of hydrogen-bond donors (Lipinski definition) is 1. The molecular formula is C15H22ClNO3. The van der Waals surface area contributed by atoms with Gasteiger partial charge in [0.1, 0.15) is 5.88 Å². The number of hydrogen-bond acceptors (Lipinski definition) is 3. The van der Waals surface area contributed by atoms with Crippen LogP contribution in [0.2, 0.25) is 0 Å². The highest BCUT2D eigenvalue weighted by atomic mass is 35.5. The highest BCUT2D eigenvalue weighted by Gasteiger charge is 2.26. The molecule has 4 nitrogen and oxygen atoms in total. The number of alkyl halides is 1. The standard InChI is InChI=1S/C15H22ClNO3/c1-10-6-5-7-13(12(3)18)15(10)17(14(19)8-16)11(2)9-20-4/h5-7,11-12,18H,8-9H2,1-4H3/t11-,12-/m1/s1. The van der Waals surface area contributed by atoms with E-state index < -0.39 is 6.10 Å². The number of para-hydroxylation sites is 1. The molecule has 20 heavy (non-hydrogen) atoms. The van der Waals surface area contributed by atoms with Crippen LogP contribution in [0.15, 0.2) is 18.2 Å². The molecule has 0 aliphatic rings. The SMILES string of the molecule is COC[C@@H](C)N(C(=O)CCl)c1c(C)cccc1[C@@H](C)O. The quantitative estimate of drug-likeness (QED) is 0.822. The van der Waals surface area contributed by atoms with Crippen LogP contribution < -0.4 is 4.90 Å². The van der Waals surface area contributed by atoms with Crippen LogP contribution in [-0.2, 0) is 9.53 Å². The zero-order chi connectivity index (χ0) is 15.3. The van der Waals surface area contributed by atoms with Crippen molar-refractivity contribution in [2.45, 2.75) is 32.9 Å². The van der Waals surface area contributed by atoms with Crippen LogP contribution in [0.1, 0.15) is 31.1 Å². The molecule has 0 unspecified atom stereocenters. The Balaban J connectivity index is 3.36. The predicted octanol–water partition coefficient (Wildman–Crippen LogP) is 2.66. The van der Waals surface area contributed by atoms with Gasteiger partial charge in [0.05, 0.1) is 24.4 Å². The number of aliphatic hydroxyl groups excluding tert-OH is 1. The van der Waals surface area contributed by atoms with Crippen LogP contribution in [0, 0.1) is 6.92 Å². The van der Waals surface area contributed by atoms with Gasteiger partial charge in [-0.25, -0.2) is 0 Å². The zero-order valence-corrected chi connectivity index (χ0v) is 13.1. The summed E-state index contributed by atoms with van der Waals surface area (Å²) < 4.78 is 5.14. The average molecular weight is 300 g/mol. The summed E-state index contributed by atoms with van der Waals surface area (Å²) in [5, 5.41) is 9.94. The molecule has 1 rings (SSSR count). The monoisotopic (exact) mass is 299 g/mol. The van der Waals surface area contributed by atoms with Gasteiger partial charge in [-0.05, 0) is 26.3 Å². The molecule has 112 valence electrons. The number of carbonyl (C=O) groups is 1. The molecule has 0 radical (unpaired) electrons. The Kier molecular flexibility index (Phi) is 6.46. The number of benzene rings is 1. The Hall–Kier alpha value is -1.10. The van der Waals surface area contributed by atoms with Gasteiger partial charge in [-0.1, -0.05) is 18.2 Å². The lowest BCUT2D eigenvalue weighted by Gasteiger charge is -2.32. The van der Waals surface area contributed by atoms with Gasteiger partial charge in [-0.2, -0.15) is 0 Å². The van der Waals surface area contributed by atoms with Crippen molar-refractivity contribution in [1.82, 2.24) is 0 Å². The number of aliphatic hydroxyl groups is 1. The van der Waals surface area contributed by atoms with Gasteiger partial charge in [0, 0.05) is 12.7 Å². The molecule has 0 aliphatic heterocycles. The second-order valence-electron chi connectivity index (χ2n) is 4.89. The van der Waals surface area contributed by atoms with Gasteiger partial charge in [-0.15, -0.1) is 11.6 Å². The minimum absolute atomic E-state index is 0.109. The van der Waals surface area contributed by atoms with Crippen molar-refractivity contribution < 1.29 is 14.6 Å². The molecule has 0 aliphatic carbocycles. The molecule has 1 aromatic rings. The van der Waals surface area contributed by atoms with Crippen LogP contribution in [0.25, 0.3) is 0 Å². The number of halogens is 1. The number of nitrogens with zero attached hydrogens (tertiary/aromatic N) is 1. The molecule has 0 saturated heterocycles. The fourth-order valence-electron chi connectivity index (χ4n) is 2.32. The number of rotatable bonds is 6. The summed E-state index contributed by atoms with van der Waals surface area (Å²) in [5.74, 6) is -0.311. The van der Waals surface area contributed by atoms with Crippen molar-refractivity contribution in [3.8, 4) is 0 Å².